The number of esters is 1. The van der Waals surface area contributed by atoms with Crippen LogP contribution in [0.25, 0.3) is 10.6 Å². The van der Waals surface area contributed by atoms with Crippen molar-refractivity contribution in [3.8, 4) is 10.6 Å². The number of thiazole rings is 1. The summed E-state index contributed by atoms with van der Waals surface area (Å²) in [4.78, 5) is 28.6. The summed E-state index contributed by atoms with van der Waals surface area (Å²) in [6.07, 6.45) is 1.78. The van der Waals surface area contributed by atoms with Gasteiger partial charge in [0.25, 0.3) is 5.91 Å². The lowest BCUT2D eigenvalue weighted by atomic mass is 10.1. The van der Waals surface area contributed by atoms with E-state index in [1.807, 2.05) is 55.5 Å². The van der Waals surface area contributed by atoms with E-state index >= 15 is 0 Å². The number of benzene rings is 2. The quantitative estimate of drug-likeness (QED) is 0.588. The Bertz CT molecular complexity index is 964. The molecule has 5 nitrogen and oxygen atoms in total. The van der Waals surface area contributed by atoms with E-state index in [-0.39, 0.29) is 18.2 Å². The number of ether oxygens (including phenoxy) is 1. The van der Waals surface area contributed by atoms with Gasteiger partial charge in [-0.25, -0.2) is 9.78 Å². The van der Waals surface area contributed by atoms with Crippen LogP contribution in [0.4, 0.5) is 5.69 Å². The van der Waals surface area contributed by atoms with Crippen LogP contribution in [-0.4, -0.2) is 23.5 Å². The first kappa shape index (κ1) is 19.8. The summed E-state index contributed by atoms with van der Waals surface area (Å²) in [6, 6.07) is 15.6. The Morgan fingerprint density at radius 3 is 2.50 bits per heavy atom. The number of para-hydroxylation sites is 1. The van der Waals surface area contributed by atoms with Crippen molar-refractivity contribution < 1.29 is 14.3 Å². The molecule has 0 aliphatic carbocycles. The van der Waals surface area contributed by atoms with Crippen molar-refractivity contribution in [1.82, 2.24) is 4.98 Å². The second-order valence-electron chi connectivity index (χ2n) is 6.22. The maximum Gasteiger partial charge on any atom is 0.358 e. The van der Waals surface area contributed by atoms with Crippen molar-refractivity contribution in [3.63, 3.8) is 0 Å². The van der Waals surface area contributed by atoms with Gasteiger partial charge in [-0.2, -0.15) is 0 Å². The van der Waals surface area contributed by atoms with Crippen molar-refractivity contribution in [2.45, 2.75) is 26.7 Å². The maximum atomic E-state index is 12.2. The summed E-state index contributed by atoms with van der Waals surface area (Å²) in [7, 11) is 0. The molecule has 0 saturated heterocycles. The molecule has 1 amide bonds. The molecule has 1 heterocycles. The number of nitrogens with one attached hydrogen (secondary N) is 1. The smallest absolute Gasteiger partial charge is 0.358 e. The van der Waals surface area contributed by atoms with E-state index in [0.717, 1.165) is 34.7 Å². The van der Waals surface area contributed by atoms with Crippen molar-refractivity contribution in [2.24, 2.45) is 0 Å². The van der Waals surface area contributed by atoms with Gasteiger partial charge >= 0.3 is 5.97 Å². The molecule has 6 heteroatoms. The van der Waals surface area contributed by atoms with E-state index in [9.17, 15) is 9.59 Å². The zero-order valence-electron chi connectivity index (χ0n) is 15.9. The summed E-state index contributed by atoms with van der Waals surface area (Å²) >= 11 is 1.37. The highest BCUT2D eigenvalue weighted by atomic mass is 32.1. The Morgan fingerprint density at radius 2 is 1.79 bits per heavy atom. The van der Waals surface area contributed by atoms with Crippen molar-refractivity contribution in [1.29, 1.82) is 0 Å². The van der Waals surface area contributed by atoms with Crippen LogP contribution in [0.15, 0.2) is 53.9 Å². The fraction of sp³-hybridized carbons (Fsp3) is 0.227. The largest absolute Gasteiger partial charge is 0.451 e. The third-order valence-electron chi connectivity index (χ3n) is 4.33. The fourth-order valence-electron chi connectivity index (χ4n) is 2.72. The Balaban J connectivity index is 1.57. The van der Waals surface area contributed by atoms with Crippen LogP contribution >= 0.6 is 11.3 Å². The Labute approximate surface area is 168 Å². The number of nitrogens with zero attached hydrogens (tertiary/aromatic N) is 1. The minimum Gasteiger partial charge on any atom is -0.451 e. The molecule has 0 unspecified atom stereocenters. The van der Waals surface area contributed by atoms with E-state index in [1.54, 1.807) is 5.38 Å². The molecule has 2 aromatic carbocycles. The highest BCUT2D eigenvalue weighted by Gasteiger charge is 2.15. The zero-order valence-corrected chi connectivity index (χ0v) is 16.7. The van der Waals surface area contributed by atoms with Crippen LogP contribution in [0, 0.1) is 0 Å². The molecular weight excluding hydrogens is 372 g/mol. The summed E-state index contributed by atoms with van der Waals surface area (Å²) in [6.45, 7) is 3.76. The number of hydrogen-bond donors (Lipinski definition) is 1. The van der Waals surface area contributed by atoms with Gasteiger partial charge in [0.2, 0.25) is 0 Å². The minimum atomic E-state index is -0.605. The van der Waals surface area contributed by atoms with E-state index in [0.29, 0.717) is 0 Å². The van der Waals surface area contributed by atoms with Gasteiger partial charge in [0.1, 0.15) is 5.01 Å². The average Bonchev–Trinajstić information content (AvgIpc) is 3.23. The first-order valence-corrected chi connectivity index (χ1v) is 10.1. The first-order valence-electron chi connectivity index (χ1n) is 9.20. The molecule has 0 atom stereocenters. The van der Waals surface area contributed by atoms with Crippen molar-refractivity contribution >= 4 is 28.9 Å². The predicted molar refractivity (Wildman–Crippen MR) is 112 cm³/mol. The minimum absolute atomic E-state index is 0.210. The van der Waals surface area contributed by atoms with E-state index < -0.39 is 5.97 Å². The number of rotatable bonds is 7. The summed E-state index contributed by atoms with van der Waals surface area (Å²) in [5.74, 6) is -0.980. The summed E-state index contributed by atoms with van der Waals surface area (Å²) in [5.41, 5.74) is 4.17. The molecule has 0 saturated carbocycles. The van der Waals surface area contributed by atoms with Crippen molar-refractivity contribution in [3.05, 3.63) is 70.7 Å². The lowest BCUT2D eigenvalue weighted by Gasteiger charge is -2.09. The molecular formula is C22H22N2O3S. The monoisotopic (exact) mass is 394 g/mol. The van der Waals surface area contributed by atoms with E-state index in [4.69, 9.17) is 4.74 Å². The standard InChI is InChI=1S/C22H22N2O3S/c1-3-15-9-11-17(12-10-15)21-24-19(14-28-21)22(26)27-13-20(25)23-18-8-6-5-7-16(18)4-2/h5-12,14H,3-4,13H2,1-2H3,(H,23,25). The Morgan fingerprint density at radius 1 is 1.04 bits per heavy atom. The second kappa shape index (κ2) is 9.28. The third kappa shape index (κ3) is 4.84. The van der Waals surface area contributed by atoms with Crippen molar-refractivity contribution in [2.75, 3.05) is 11.9 Å². The number of amides is 1. The molecule has 1 N–H and O–H groups in total. The van der Waals surface area contributed by atoms with Crippen LogP contribution in [0.5, 0.6) is 0 Å². The molecule has 144 valence electrons. The molecule has 0 fully saturated rings. The molecule has 3 rings (SSSR count). The molecule has 0 aliphatic heterocycles. The lowest BCUT2D eigenvalue weighted by Crippen LogP contribution is -2.21. The topological polar surface area (TPSA) is 68.3 Å². The summed E-state index contributed by atoms with van der Waals surface area (Å²) < 4.78 is 5.11. The van der Waals surface area contributed by atoms with Crippen LogP contribution < -0.4 is 5.32 Å². The van der Waals surface area contributed by atoms with Gasteiger partial charge in [0, 0.05) is 16.6 Å². The molecule has 0 aliphatic rings. The summed E-state index contributed by atoms with van der Waals surface area (Å²) in [5, 5.41) is 5.17. The average molecular weight is 394 g/mol. The van der Waals surface area contributed by atoms with Gasteiger partial charge < -0.3 is 10.1 Å². The molecule has 0 radical (unpaired) electrons. The van der Waals surface area contributed by atoms with Crippen LogP contribution in [0.1, 0.15) is 35.5 Å². The lowest BCUT2D eigenvalue weighted by molar-refractivity contribution is -0.119. The van der Waals surface area contributed by atoms with Gasteiger partial charge in [-0.15, -0.1) is 11.3 Å². The third-order valence-corrected chi connectivity index (χ3v) is 5.22. The number of anilines is 1. The van der Waals surface area contributed by atoms with E-state index in [1.165, 1.54) is 16.9 Å². The van der Waals surface area contributed by atoms with Crippen LogP contribution in [-0.2, 0) is 22.4 Å². The number of carbonyl (C=O) groups excluding carboxylic acids is 2. The van der Waals surface area contributed by atoms with Gasteiger partial charge in [0.05, 0.1) is 0 Å². The van der Waals surface area contributed by atoms with Gasteiger partial charge in [-0.1, -0.05) is 56.3 Å². The highest BCUT2D eigenvalue weighted by Crippen LogP contribution is 2.24. The van der Waals surface area contributed by atoms with Gasteiger partial charge in [-0.3, -0.25) is 4.79 Å². The second-order valence-corrected chi connectivity index (χ2v) is 7.08. The molecule has 28 heavy (non-hydrogen) atoms. The maximum absolute atomic E-state index is 12.2. The fourth-order valence-corrected chi connectivity index (χ4v) is 3.52. The Kier molecular flexibility index (Phi) is 6.55. The normalized spacial score (nSPS) is 10.5. The molecule has 0 bridgehead atoms. The highest BCUT2D eigenvalue weighted by molar-refractivity contribution is 7.13. The predicted octanol–water partition coefficient (Wildman–Crippen LogP) is 4.73. The van der Waals surface area contributed by atoms with Crippen LogP contribution in [0.2, 0.25) is 0 Å². The zero-order chi connectivity index (χ0) is 19.9. The van der Waals surface area contributed by atoms with Crippen LogP contribution in [0.3, 0.4) is 0 Å². The number of hydrogen-bond acceptors (Lipinski definition) is 5. The molecule has 0 spiro atoms. The number of carbonyl (C=O) groups is 2. The number of aryl methyl sites for hydroxylation is 2. The molecule has 1 aromatic heterocycles. The number of aromatic nitrogens is 1. The first-order chi connectivity index (χ1) is 13.6. The molecule has 3 aromatic rings. The Hall–Kier alpha value is -2.99. The SMILES string of the molecule is CCc1ccc(-c2nc(C(=O)OCC(=O)Nc3ccccc3CC)cs2)cc1. The van der Waals surface area contributed by atoms with E-state index in [2.05, 4.69) is 17.2 Å². The van der Waals surface area contributed by atoms with Gasteiger partial charge in [-0.05, 0) is 30.0 Å². The van der Waals surface area contributed by atoms with Gasteiger partial charge in [0.15, 0.2) is 12.3 Å².